The van der Waals surface area contributed by atoms with Gasteiger partial charge in [-0.15, -0.1) is 0 Å². The highest BCUT2D eigenvalue weighted by atomic mass is 19.1. The van der Waals surface area contributed by atoms with E-state index in [2.05, 4.69) is 10.6 Å². The molecule has 1 aliphatic rings. The van der Waals surface area contributed by atoms with Crippen LogP contribution in [-0.4, -0.2) is 24.3 Å². The Morgan fingerprint density at radius 1 is 1.00 bits per heavy atom. The molecule has 6 nitrogen and oxygen atoms in total. The summed E-state index contributed by atoms with van der Waals surface area (Å²) in [5.41, 5.74) is 3.22. The predicted octanol–water partition coefficient (Wildman–Crippen LogP) is 4.06. The van der Waals surface area contributed by atoms with Crippen molar-refractivity contribution in [3.05, 3.63) is 95.3 Å². The number of carbonyl (C=O) groups is 3. The molecular weight excluding hydrogens is 421 g/mol. The molecule has 3 aromatic rings. The minimum absolute atomic E-state index is 0.102. The second-order valence-corrected chi connectivity index (χ2v) is 8.04. The highest BCUT2D eigenvalue weighted by Gasteiger charge is 2.36. The zero-order valence-electron chi connectivity index (χ0n) is 18.2. The van der Waals surface area contributed by atoms with E-state index in [1.165, 1.54) is 12.1 Å². The Kier molecular flexibility index (Phi) is 6.49. The number of nitrogens with zero attached hydrogens (tertiary/aromatic N) is 1. The van der Waals surface area contributed by atoms with E-state index >= 15 is 0 Å². The lowest BCUT2D eigenvalue weighted by Gasteiger charge is -2.19. The summed E-state index contributed by atoms with van der Waals surface area (Å²) < 4.78 is 13.1. The van der Waals surface area contributed by atoms with Crippen LogP contribution in [0.25, 0.3) is 0 Å². The van der Waals surface area contributed by atoms with Gasteiger partial charge in [0.25, 0.3) is 5.91 Å². The first-order chi connectivity index (χ1) is 15.9. The molecule has 0 unspecified atom stereocenters. The molecule has 0 bridgehead atoms. The fourth-order valence-corrected chi connectivity index (χ4v) is 3.89. The van der Waals surface area contributed by atoms with Crippen molar-refractivity contribution < 1.29 is 18.8 Å². The molecule has 0 radical (unpaired) electrons. The van der Waals surface area contributed by atoms with Crippen molar-refractivity contribution in [1.29, 1.82) is 0 Å². The smallest absolute Gasteiger partial charge is 0.253 e. The van der Waals surface area contributed by atoms with Gasteiger partial charge in [0.05, 0.1) is 17.2 Å². The van der Waals surface area contributed by atoms with Crippen LogP contribution in [0, 0.1) is 18.7 Å². The van der Waals surface area contributed by atoms with Crippen molar-refractivity contribution in [2.24, 2.45) is 5.92 Å². The van der Waals surface area contributed by atoms with Gasteiger partial charge < -0.3 is 15.5 Å². The zero-order valence-corrected chi connectivity index (χ0v) is 18.2. The van der Waals surface area contributed by atoms with Gasteiger partial charge in [0, 0.05) is 25.2 Å². The molecule has 7 heteroatoms. The number of hydrogen-bond acceptors (Lipinski definition) is 3. The lowest BCUT2D eigenvalue weighted by molar-refractivity contribution is -0.122. The second kappa shape index (κ2) is 9.65. The van der Waals surface area contributed by atoms with Crippen LogP contribution in [0.15, 0.2) is 72.8 Å². The van der Waals surface area contributed by atoms with Gasteiger partial charge in [-0.1, -0.05) is 42.5 Å². The van der Waals surface area contributed by atoms with Gasteiger partial charge in [-0.2, -0.15) is 0 Å². The van der Waals surface area contributed by atoms with Gasteiger partial charge in [-0.25, -0.2) is 4.39 Å². The topological polar surface area (TPSA) is 78.5 Å². The fraction of sp³-hybridized carbons (Fsp3) is 0.192. The van der Waals surface area contributed by atoms with E-state index in [0.717, 1.165) is 16.8 Å². The summed E-state index contributed by atoms with van der Waals surface area (Å²) in [4.78, 5) is 39.9. The van der Waals surface area contributed by atoms with Crippen LogP contribution in [-0.2, 0) is 16.1 Å². The molecule has 0 spiro atoms. The zero-order chi connectivity index (χ0) is 23.4. The molecule has 0 saturated carbocycles. The average molecular weight is 445 g/mol. The number of hydrogen-bond donors (Lipinski definition) is 2. The second-order valence-electron chi connectivity index (χ2n) is 8.04. The van der Waals surface area contributed by atoms with E-state index in [4.69, 9.17) is 0 Å². The van der Waals surface area contributed by atoms with Gasteiger partial charge >= 0.3 is 0 Å². The lowest BCUT2D eigenvalue weighted by atomic mass is 10.1. The number of carbonyl (C=O) groups excluding carboxylic acids is 3. The fourth-order valence-electron chi connectivity index (χ4n) is 3.89. The quantitative estimate of drug-likeness (QED) is 0.601. The molecule has 4 rings (SSSR count). The number of halogens is 1. The van der Waals surface area contributed by atoms with Gasteiger partial charge in [-0.3, -0.25) is 14.4 Å². The summed E-state index contributed by atoms with van der Waals surface area (Å²) in [7, 11) is 0. The molecular formula is C26H24FN3O3. The van der Waals surface area contributed by atoms with E-state index in [-0.39, 0.29) is 43.0 Å². The highest BCUT2D eigenvalue weighted by molar-refractivity contribution is 6.07. The van der Waals surface area contributed by atoms with Crippen LogP contribution in [0.4, 0.5) is 15.8 Å². The van der Waals surface area contributed by atoms with Crippen molar-refractivity contribution in [1.82, 2.24) is 5.32 Å². The molecule has 168 valence electrons. The minimum atomic E-state index is -0.521. The number of anilines is 2. The number of rotatable bonds is 6. The molecule has 2 N–H and O–H groups in total. The number of aryl methyl sites for hydroxylation is 1. The van der Waals surface area contributed by atoms with Gasteiger partial charge in [-0.05, 0) is 48.4 Å². The summed E-state index contributed by atoms with van der Waals surface area (Å²) >= 11 is 0. The Hall–Kier alpha value is -4.00. The van der Waals surface area contributed by atoms with E-state index in [1.54, 1.807) is 41.3 Å². The van der Waals surface area contributed by atoms with E-state index in [9.17, 15) is 18.8 Å². The Balaban J connectivity index is 1.42. The molecule has 33 heavy (non-hydrogen) atoms. The third-order valence-corrected chi connectivity index (χ3v) is 5.70. The Bertz CT molecular complexity index is 1190. The predicted molar refractivity (Wildman–Crippen MR) is 124 cm³/mol. The van der Waals surface area contributed by atoms with Crippen molar-refractivity contribution in [3.63, 3.8) is 0 Å². The normalized spacial score (nSPS) is 15.4. The molecule has 3 amide bonds. The summed E-state index contributed by atoms with van der Waals surface area (Å²) in [5.74, 6) is -1.63. The SMILES string of the molecule is Cc1ccccc1N1C[C@H](C(=O)Nc2ccccc2C(=O)NCc2ccc(F)cc2)CC1=O. The van der Waals surface area contributed by atoms with E-state index in [0.29, 0.717) is 11.3 Å². The maximum atomic E-state index is 13.1. The molecule has 0 aromatic heterocycles. The van der Waals surface area contributed by atoms with Crippen molar-refractivity contribution in [2.45, 2.75) is 19.9 Å². The van der Waals surface area contributed by atoms with Crippen molar-refractivity contribution >= 4 is 29.1 Å². The van der Waals surface area contributed by atoms with Crippen LogP contribution < -0.4 is 15.5 Å². The first-order valence-corrected chi connectivity index (χ1v) is 10.7. The number of amides is 3. The maximum absolute atomic E-state index is 13.1. The average Bonchev–Trinajstić information content (AvgIpc) is 3.20. The van der Waals surface area contributed by atoms with Gasteiger partial charge in [0.15, 0.2) is 0 Å². The van der Waals surface area contributed by atoms with Gasteiger partial charge in [0.1, 0.15) is 5.82 Å². The molecule has 1 saturated heterocycles. The van der Waals surface area contributed by atoms with Crippen LogP contribution >= 0.6 is 0 Å². The van der Waals surface area contributed by atoms with Crippen molar-refractivity contribution in [2.75, 3.05) is 16.8 Å². The summed E-state index contributed by atoms with van der Waals surface area (Å²) in [6.45, 7) is 2.44. The van der Waals surface area contributed by atoms with Crippen LogP contribution in [0.2, 0.25) is 0 Å². The Morgan fingerprint density at radius 3 is 2.45 bits per heavy atom. The molecule has 1 atom stereocenters. The first-order valence-electron chi connectivity index (χ1n) is 10.7. The molecule has 1 aliphatic heterocycles. The van der Waals surface area contributed by atoms with Crippen LogP contribution in [0.3, 0.4) is 0 Å². The molecule has 0 aliphatic carbocycles. The van der Waals surface area contributed by atoms with Crippen LogP contribution in [0.1, 0.15) is 27.9 Å². The minimum Gasteiger partial charge on any atom is -0.348 e. The van der Waals surface area contributed by atoms with E-state index in [1.807, 2.05) is 31.2 Å². The largest absolute Gasteiger partial charge is 0.348 e. The number of nitrogens with one attached hydrogen (secondary N) is 2. The Labute approximate surface area is 191 Å². The van der Waals surface area contributed by atoms with E-state index < -0.39 is 5.92 Å². The molecule has 1 fully saturated rings. The summed E-state index contributed by atoms with van der Waals surface area (Å²) in [6, 6.07) is 20.1. The van der Waals surface area contributed by atoms with Gasteiger partial charge in [0.2, 0.25) is 11.8 Å². The Morgan fingerprint density at radius 2 is 1.70 bits per heavy atom. The summed E-state index contributed by atoms with van der Waals surface area (Å²) in [6.07, 6.45) is 0.110. The lowest BCUT2D eigenvalue weighted by Crippen LogP contribution is -2.29. The molecule has 3 aromatic carbocycles. The van der Waals surface area contributed by atoms with Crippen molar-refractivity contribution in [3.8, 4) is 0 Å². The third-order valence-electron chi connectivity index (χ3n) is 5.70. The molecule has 1 heterocycles. The first kappa shape index (κ1) is 22.2. The highest BCUT2D eigenvalue weighted by Crippen LogP contribution is 2.28. The maximum Gasteiger partial charge on any atom is 0.253 e. The standard InChI is InChI=1S/C26H24FN3O3/c1-17-6-2-5-9-23(17)30-16-19(14-24(30)31)25(32)29-22-8-4-3-7-21(22)26(33)28-15-18-10-12-20(27)13-11-18/h2-13,19H,14-16H2,1H3,(H,28,33)(H,29,32)/t19-/m1/s1. The summed E-state index contributed by atoms with van der Waals surface area (Å²) in [5, 5.41) is 5.60. The number of benzene rings is 3. The monoisotopic (exact) mass is 445 g/mol. The third kappa shape index (κ3) is 5.09. The number of para-hydroxylation sites is 2. The van der Waals surface area contributed by atoms with Crippen LogP contribution in [0.5, 0.6) is 0 Å².